The van der Waals surface area contributed by atoms with Crippen LogP contribution in [0.15, 0.2) is 53.6 Å². The van der Waals surface area contributed by atoms with Crippen molar-refractivity contribution in [3.05, 3.63) is 53.7 Å². The van der Waals surface area contributed by atoms with Crippen molar-refractivity contribution < 1.29 is 17.9 Å². The Bertz CT molecular complexity index is 1390. The van der Waals surface area contributed by atoms with E-state index in [9.17, 15) is 8.42 Å². The van der Waals surface area contributed by atoms with E-state index in [-0.39, 0.29) is 33.9 Å². The number of para-hydroxylation sites is 1. The molecule has 0 aliphatic carbocycles. The van der Waals surface area contributed by atoms with Crippen molar-refractivity contribution in [1.82, 2.24) is 19.2 Å². The van der Waals surface area contributed by atoms with Crippen LogP contribution in [0.3, 0.4) is 0 Å². The third kappa shape index (κ3) is 7.30. The molecule has 2 aromatic carbocycles. The van der Waals surface area contributed by atoms with Gasteiger partial charge >= 0.3 is 0 Å². The highest BCUT2D eigenvalue weighted by atomic mass is 35.5. The minimum Gasteiger partial charge on any atom is -0.490 e. The second-order valence-corrected chi connectivity index (χ2v) is 12.4. The normalized spacial score (nSPS) is 15.0. The lowest BCUT2D eigenvalue weighted by molar-refractivity contribution is 0.114. The Morgan fingerprint density at radius 2 is 1.79 bits per heavy atom. The van der Waals surface area contributed by atoms with E-state index >= 15 is 0 Å². The van der Waals surface area contributed by atoms with Crippen LogP contribution < -0.4 is 20.1 Å². The Morgan fingerprint density at radius 3 is 2.49 bits per heavy atom. The summed E-state index contributed by atoms with van der Waals surface area (Å²) >= 11 is 6.38. The average Bonchev–Trinajstić information content (AvgIpc) is 2.88. The van der Waals surface area contributed by atoms with Crippen LogP contribution >= 0.6 is 11.6 Å². The van der Waals surface area contributed by atoms with Crippen LogP contribution in [0.4, 0.5) is 23.1 Å². The van der Waals surface area contributed by atoms with E-state index in [2.05, 4.69) is 32.5 Å². The van der Waals surface area contributed by atoms with E-state index < -0.39 is 10.0 Å². The zero-order valence-corrected chi connectivity index (χ0v) is 24.4. The lowest BCUT2D eigenvalue weighted by Crippen LogP contribution is -2.35. The van der Waals surface area contributed by atoms with Gasteiger partial charge in [-0.05, 0) is 58.0 Å². The molecular formula is C27H35ClN6O4S. The van der Waals surface area contributed by atoms with Gasteiger partial charge in [0.15, 0.2) is 5.82 Å². The zero-order valence-electron chi connectivity index (χ0n) is 22.8. The van der Waals surface area contributed by atoms with Crippen molar-refractivity contribution in [2.24, 2.45) is 0 Å². The van der Waals surface area contributed by atoms with Gasteiger partial charge in [-0.15, -0.1) is 0 Å². The molecule has 1 aromatic heterocycles. The van der Waals surface area contributed by atoms with Gasteiger partial charge in [0.05, 0.1) is 23.7 Å². The van der Waals surface area contributed by atoms with Gasteiger partial charge in [0, 0.05) is 33.3 Å². The number of piperidine rings is 1. The lowest BCUT2D eigenvalue weighted by atomic mass is 10.1. The van der Waals surface area contributed by atoms with Crippen molar-refractivity contribution in [1.29, 1.82) is 0 Å². The minimum atomic E-state index is -3.70. The second kappa shape index (κ2) is 12.4. The maximum absolute atomic E-state index is 12.8. The Hall–Kier alpha value is -3.12. The van der Waals surface area contributed by atoms with Crippen molar-refractivity contribution in [3.8, 4) is 11.5 Å². The number of halogens is 1. The predicted molar refractivity (Wildman–Crippen MR) is 154 cm³/mol. The van der Waals surface area contributed by atoms with Crippen LogP contribution in [0.5, 0.6) is 11.5 Å². The molecule has 4 rings (SSSR count). The number of hydrogen-bond acceptors (Lipinski definition) is 9. The molecule has 3 aromatic rings. The molecule has 0 saturated carbocycles. The summed E-state index contributed by atoms with van der Waals surface area (Å²) < 4.78 is 39.1. The summed E-state index contributed by atoms with van der Waals surface area (Å²) in [5.41, 5.74) is 1.00. The zero-order chi connectivity index (χ0) is 28.2. The number of benzene rings is 2. The summed E-state index contributed by atoms with van der Waals surface area (Å²) in [5, 5.41) is 6.48. The van der Waals surface area contributed by atoms with E-state index in [1.807, 2.05) is 32.0 Å². The molecule has 12 heteroatoms. The lowest BCUT2D eigenvalue weighted by Gasteiger charge is -2.29. The van der Waals surface area contributed by atoms with E-state index in [0.717, 1.165) is 36.0 Å². The molecule has 0 amide bonds. The molecule has 2 heterocycles. The van der Waals surface area contributed by atoms with E-state index in [1.165, 1.54) is 26.4 Å². The summed E-state index contributed by atoms with van der Waals surface area (Å²) in [6.07, 6.45) is 3.50. The van der Waals surface area contributed by atoms with Crippen LogP contribution in [0.2, 0.25) is 5.02 Å². The largest absolute Gasteiger partial charge is 0.490 e. The molecule has 2 N–H and O–H groups in total. The number of nitrogens with one attached hydrogen (secondary N) is 2. The number of aromatic nitrogens is 2. The first-order valence-corrected chi connectivity index (χ1v) is 14.6. The standard InChI is InChI=1S/C27H35ClN6O4S/c1-18(2)37-24-16-20(38-19-12-14-34(5)15-13-19)10-11-22(24)31-27-29-17-21(28)26(32-27)30-23-8-6-7-9-25(23)39(35,36)33(3)4/h6-11,16-19H,12-15H2,1-5H3,(H2,29,30,31,32). The fourth-order valence-corrected chi connectivity index (χ4v) is 5.26. The first-order chi connectivity index (χ1) is 18.5. The Labute approximate surface area is 235 Å². The number of rotatable bonds is 10. The summed E-state index contributed by atoms with van der Waals surface area (Å²) in [6, 6.07) is 12.2. The SMILES string of the molecule is CC(C)Oc1cc(OC2CCN(C)CC2)ccc1Nc1ncc(Cl)c(Nc2ccccc2S(=O)(=O)N(C)C)n1. The first kappa shape index (κ1) is 28.9. The molecule has 0 bridgehead atoms. The summed E-state index contributed by atoms with van der Waals surface area (Å²) in [5.74, 6) is 1.85. The number of hydrogen-bond donors (Lipinski definition) is 2. The number of likely N-dealkylation sites (tertiary alicyclic amines) is 1. The van der Waals surface area contributed by atoms with Crippen LogP contribution in [0.25, 0.3) is 0 Å². The molecule has 10 nitrogen and oxygen atoms in total. The van der Waals surface area contributed by atoms with Gasteiger partial charge in [0.25, 0.3) is 0 Å². The van der Waals surface area contributed by atoms with Gasteiger partial charge in [-0.25, -0.2) is 17.7 Å². The highest BCUT2D eigenvalue weighted by Crippen LogP contribution is 2.34. The van der Waals surface area contributed by atoms with Gasteiger partial charge in [-0.3, -0.25) is 0 Å². The van der Waals surface area contributed by atoms with Crippen molar-refractivity contribution in [3.63, 3.8) is 0 Å². The van der Waals surface area contributed by atoms with Gasteiger partial charge in [-0.2, -0.15) is 4.98 Å². The van der Waals surface area contributed by atoms with E-state index in [4.69, 9.17) is 21.1 Å². The highest BCUT2D eigenvalue weighted by molar-refractivity contribution is 7.89. The van der Waals surface area contributed by atoms with Crippen molar-refractivity contribution in [2.75, 3.05) is 44.9 Å². The van der Waals surface area contributed by atoms with Gasteiger partial charge in [0.1, 0.15) is 27.5 Å². The van der Waals surface area contributed by atoms with Gasteiger partial charge < -0.3 is 25.0 Å². The number of anilines is 4. The monoisotopic (exact) mass is 574 g/mol. The highest BCUT2D eigenvalue weighted by Gasteiger charge is 2.22. The Kier molecular flexibility index (Phi) is 9.16. The predicted octanol–water partition coefficient (Wildman–Crippen LogP) is 5.13. The molecule has 1 fully saturated rings. The second-order valence-electron chi connectivity index (χ2n) is 9.87. The molecule has 0 spiro atoms. The molecule has 0 atom stereocenters. The topological polar surface area (TPSA) is 109 Å². The molecular weight excluding hydrogens is 540 g/mol. The molecule has 1 aliphatic rings. The van der Waals surface area contributed by atoms with Gasteiger partial charge in [0.2, 0.25) is 16.0 Å². The fourth-order valence-electron chi connectivity index (χ4n) is 4.08. The Balaban J connectivity index is 1.58. The number of nitrogens with zero attached hydrogens (tertiary/aromatic N) is 4. The molecule has 39 heavy (non-hydrogen) atoms. The first-order valence-electron chi connectivity index (χ1n) is 12.8. The maximum Gasteiger partial charge on any atom is 0.244 e. The molecule has 1 aliphatic heterocycles. The molecule has 210 valence electrons. The number of ether oxygens (including phenoxy) is 2. The average molecular weight is 575 g/mol. The van der Waals surface area contributed by atoms with Crippen molar-refractivity contribution >= 4 is 44.8 Å². The molecule has 1 saturated heterocycles. The van der Waals surface area contributed by atoms with Gasteiger partial charge in [-0.1, -0.05) is 23.7 Å². The smallest absolute Gasteiger partial charge is 0.244 e. The van der Waals surface area contributed by atoms with E-state index in [0.29, 0.717) is 17.1 Å². The van der Waals surface area contributed by atoms with Crippen LogP contribution in [-0.2, 0) is 10.0 Å². The molecule has 0 unspecified atom stereocenters. The minimum absolute atomic E-state index is 0.0670. The summed E-state index contributed by atoms with van der Waals surface area (Å²) in [4.78, 5) is 11.2. The van der Waals surface area contributed by atoms with Crippen LogP contribution in [0.1, 0.15) is 26.7 Å². The third-order valence-corrected chi connectivity index (χ3v) is 8.32. The van der Waals surface area contributed by atoms with Crippen LogP contribution in [0, 0.1) is 0 Å². The summed E-state index contributed by atoms with van der Waals surface area (Å²) in [7, 11) is 1.38. The molecule has 0 radical (unpaired) electrons. The summed E-state index contributed by atoms with van der Waals surface area (Å²) in [6.45, 7) is 5.92. The fraction of sp³-hybridized carbons (Fsp3) is 0.407. The van der Waals surface area contributed by atoms with Crippen LogP contribution in [-0.4, -0.2) is 74.0 Å². The van der Waals surface area contributed by atoms with Crippen molar-refractivity contribution in [2.45, 2.75) is 43.8 Å². The third-order valence-electron chi connectivity index (χ3n) is 6.17. The Morgan fingerprint density at radius 1 is 1.08 bits per heavy atom. The number of sulfonamides is 1. The maximum atomic E-state index is 12.8. The quantitative estimate of drug-likeness (QED) is 0.340. The van der Waals surface area contributed by atoms with E-state index in [1.54, 1.807) is 18.2 Å².